The van der Waals surface area contributed by atoms with Crippen molar-refractivity contribution < 1.29 is 4.79 Å². The number of carbonyl (C=O) groups excluding carboxylic acids is 1. The van der Waals surface area contributed by atoms with Crippen molar-refractivity contribution in [3.63, 3.8) is 0 Å². The predicted molar refractivity (Wildman–Crippen MR) is 74.4 cm³/mol. The van der Waals surface area contributed by atoms with Gasteiger partial charge >= 0.3 is 0 Å². The molecule has 0 radical (unpaired) electrons. The molecule has 0 atom stereocenters. The van der Waals surface area contributed by atoms with Crippen molar-refractivity contribution in [1.29, 1.82) is 0 Å². The fourth-order valence-corrected chi connectivity index (χ4v) is 0.976. The Balaban J connectivity index is -0.000000103. The highest BCUT2D eigenvalue weighted by atomic mass is 16.1. The summed E-state index contributed by atoms with van der Waals surface area (Å²) < 4.78 is 0. The Labute approximate surface area is 102 Å². The van der Waals surface area contributed by atoms with Crippen molar-refractivity contribution in [3.8, 4) is 0 Å². The fourth-order valence-electron chi connectivity index (χ4n) is 0.976. The maximum absolute atomic E-state index is 10.9. The molecule has 102 valence electrons. The molecule has 0 saturated heterocycles. The standard InChI is InChI=1S/C9H18O.3CH5N/c1-3-5-6-8-9(10)7-4-2;3*1-2/h3-8H2,1-2H3;3*2H2,1H3. The van der Waals surface area contributed by atoms with Crippen LogP contribution in [0.2, 0.25) is 0 Å². The first-order chi connectivity index (χ1) is 7.81. The Morgan fingerprint density at radius 3 is 1.50 bits per heavy atom. The Morgan fingerprint density at radius 1 is 0.750 bits per heavy atom. The summed E-state index contributed by atoms with van der Waals surface area (Å²) in [6, 6.07) is 0. The van der Waals surface area contributed by atoms with Crippen LogP contribution in [0.25, 0.3) is 0 Å². The van der Waals surface area contributed by atoms with Crippen molar-refractivity contribution in [1.82, 2.24) is 0 Å². The summed E-state index contributed by atoms with van der Waals surface area (Å²) in [6.07, 6.45) is 6.10. The summed E-state index contributed by atoms with van der Waals surface area (Å²) in [7, 11) is 4.50. The zero-order valence-electron chi connectivity index (χ0n) is 11.9. The third-order valence-electron chi connectivity index (χ3n) is 1.59. The number of Topliss-reactive ketones (excluding diaryl/α,β-unsaturated/α-hetero) is 1. The molecule has 16 heavy (non-hydrogen) atoms. The van der Waals surface area contributed by atoms with Crippen molar-refractivity contribution >= 4 is 5.78 Å². The summed E-state index contributed by atoms with van der Waals surface area (Å²) >= 11 is 0. The third kappa shape index (κ3) is 37.4. The van der Waals surface area contributed by atoms with Crippen LogP contribution in [-0.2, 0) is 4.79 Å². The second-order valence-electron chi connectivity index (χ2n) is 2.75. The maximum Gasteiger partial charge on any atom is 0.132 e. The lowest BCUT2D eigenvalue weighted by atomic mass is 10.1. The van der Waals surface area contributed by atoms with Crippen LogP contribution in [0.15, 0.2) is 0 Å². The van der Waals surface area contributed by atoms with E-state index in [2.05, 4.69) is 31.0 Å². The second kappa shape index (κ2) is 36.5. The van der Waals surface area contributed by atoms with E-state index in [0.717, 1.165) is 25.7 Å². The number of ketones is 1. The number of nitrogens with two attached hydrogens (primary N) is 3. The van der Waals surface area contributed by atoms with Crippen LogP contribution in [0, 0.1) is 0 Å². The summed E-state index contributed by atoms with van der Waals surface area (Å²) in [6.45, 7) is 4.21. The molecule has 0 aromatic heterocycles. The van der Waals surface area contributed by atoms with Gasteiger partial charge in [-0.2, -0.15) is 0 Å². The number of hydrogen-bond donors (Lipinski definition) is 3. The number of carbonyl (C=O) groups is 1. The van der Waals surface area contributed by atoms with Crippen LogP contribution >= 0.6 is 0 Å². The van der Waals surface area contributed by atoms with E-state index in [9.17, 15) is 4.79 Å². The maximum atomic E-state index is 10.9. The number of hydrogen-bond acceptors (Lipinski definition) is 4. The zero-order valence-corrected chi connectivity index (χ0v) is 11.9. The first kappa shape index (κ1) is 24.7. The van der Waals surface area contributed by atoms with Gasteiger partial charge in [0, 0.05) is 12.8 Å². The summed E-state index contributed by atoms with van der Waals surface area (Å²) in [5.41, 5.74) is 13.5. The Morgan fingerprint density at radius 2 is 1.19 bits per heavy atom. The van der Waals surface area contributed by atoms with Gasteiger partial charge in [0.1, 0.15) is 5.78 Å². The van der Waals surface area contributed by atoms with E-state index in [1.54, 1.807) is 0 Å². The number of unbranched alkanes of at least 4 members (excludes halogenated alkanes) is 2. The minimum absolute atomic E-state index is 0.441. The van der Waals surface area contributed by atoms with E-state index in [0.29, 0.717) is 5.78 Å². The van der Waals surface area contributed by atoms with E-state index < -0.39 is 0 Å². The van der Waals surface area contributed by atoms with Gasteiger partial charge in [0.05, 0.1) is 0 Å². The first-order valence-corrected chi connectivity index (χ1v) is 6.06. The van der Waals surface area contributed by atoms with E-state index in [1.807, 2.05) is 0 Å². The molecule has 0 bridgehead atoms. The molecule has 0 saturated carbocycles. The van der Waals surface area contributed by atoms with Crippen LogP contribution in [0.3, 0.4) is 0 Å². The van der Waals surface area contributed by atoms with Crippen LogP contribution in [0.5, 0.6) is 0 Å². The van der Waals surface area contributed by atoms with Gasteiger partial charge in [0.25, 0.3) is 0 Å². The summed E-state index contributed by atoms with van der Waals surface area (Å²) in [5, 5.41) is 0. The average molecular weight is 235 g/mol. The smallest absolute Gasteiger partial charge is 0.132 e. The van der Waals surface area contributed by atoms with E-state index in [-0.39, 0.29) is 0 Å². The van der Waals surface area contributed by atoms with Crippen molar-refractivity contribution in [2.75, 3.05) is 21.1 Å². The van der Waals surface area contributed by atoms with Crippen LogP contribution in [-0.4, -0.2) is 26.9 Å². The van der Waals surface area contributed by atoms with Gasteiger partial charge in [0.15, 0.2) is 0 Å². The van der Waals surface area contributed by atoms with Gasteiger partial charge in [-0.05, 0) is 34.0 Å². The van der Waals surface area contributed by atoms with Gasteiger partial charge in [-0.3, -0.25) is 4.79 Å². The topological polar surface area (TPSA) is 95.1 Å². The fraction of sp³-hybridized carbons (Fsp3) is 0.917. The molecule has 0 aromatic rings. The van der Waals surface area contributed by atoms with Crippen molar-refractivity contribution in [3.05, 3.63) is 0 Å². The molecule has 0 aliphatic rings. The Hall–Kier alpha value is -0.450. The lowest BCUT2D eigenvalue weighted by Crippen LogP contribution is -1.95. The molecule has 6 N–H and O–H groups in total. The van der Waals surface area contributed by atoms with Gasteiger partial charge in [-0.1, -0.05) is 26.7 Å². The molecule has 0 spiro atoms. The van der Waals surface area contributed by atoms with Crippen LogP contribution in [0.1, 0.15) is 52.4 Å². The lowest BCUT2D eigenvalue weighted by molar-refractivity contribution is -0.119. The monoisotopic (exact) mass is 235 g/mol. The van der Waals surface area contributed by atoms with E-state index >= 15 is 0 Å². The molecule has 0 amide bonds. The minimum atomic E-state index is 0.441. The first-order valence-electron chi connectivity index (χ1n) is 6.06. The molecular formula is C12H33N3O. The highest BCUT2D eigenvalue weighted by molar-refractivity contribution is 5.78. The van der Waals surface area contributed by atoms with Gasteiger partial charge in [0.2, 0.25) is 0 Å². The molecule has 4 heteroatoms. The molecule has 0 aromatic carbocycles. The molecule has 0 unspecified atom stereocenters. The summed E-state index contributed by atoms with van der Waals surface area (Å²) in [5.74, 6) is 0.441. The SMILES string of the molecule is CCCCCC(=O)CCC.CN.CN.CN. The summed E-state index contributed by atoms with van der Waals surface area (Å²) in [4.78, 5) is 10.9. The van der Waals surface area contributed by atoms with Gasteiger partial charge < -0.3 is 17.2 Å². The predicted octanol–water partition coefficient (Wildman–Crippen LogP) is 1.66. The highest BCUT2D eigenvalue weighted by Gasteiger charge is 1.97. The largest absolute Gasteiger partial charge is 0.333 e. The van der Waals surface area contributed by atoms with Crippen LogP contribution < -0.4 is 17.2 Å². The van der Waals surface area contributed by atoms with Crippen molar-refractivity contribution in [2.24, 2.45) is 17.2 Å². The quantitative estimate of drug-likeness (QED) is 0.610. The molecule has 0 heterocycles. The zero-order chi connectivity index (χ0) is 13.8. The normalized spacial score (nSPS) is 7.25. The molecule has 0 aliphatic heterocycles. The molecule has 4 nitrogen and oxygen atoms in total. The second-order valence-corrected chi connectivity index (χ2v) is 2.75. The van der Waals surface area contributed by atoms with Crippen molar-refractivity contribution in [2.45, 2.75) is 52.4 Å². The minimum Gasteiger partial charge on any atom is -0.333 e. The average Bonchev–Trinajstić information content (AvgIpc) is 2.37. The molecule has 0 rings (SSSR count). The molecular weight excluding hydrogens is 202 g/mol. The van der Waals surface area contributed by atoms with Gasteiger partial charge in [-0.15, -0.1) is 0 Å². The highest BCUT2D eigenvalue weighted by Crippen LogP contribution is 2.02. The lowest BCUT2D eigenvalue weighted by Gasteiger charge is -1.96. The Kier molecular flexibility index (Phi) is 56.4. The number of rotatable bonds is 6. The molecule has 0 aliphatic carbocycles. The van der Waals surface area contributed by atoms with Gasteiger partial charge in [-0.25, -0.2) is 0 Å². The van der Waals surface area contributed by atoms with E-state index in [4.69, 9.17) is 0 Å². The van der Waals surface area contributed by atoms with E-state index in [1.165, 1.54) is 34.0 Å². The Bertz CT molecular complexity index is 98.3. The molecule has 0 fully saturated rings. The van der Waals surface area contributed by atoms with Crippen LogP contribution in [0.4, 0.5) is 0 Å². The third-order valence-corrected chi connectivity index (χ3v) is 1.59.